The van der Waals surface area contributed by atoms with Crippen LogP contribution < -0.4 is 0 Å². The van der Waals surface area contributed by atoms with Gasteiger partial charge in [0.15, 0.2) is 0 Å². The van der Waals surface area contributed by atoms with Crippen molar-refractivity contribution < 1.29 is 9.47 Å². The molecule has 0 unspecified atom stereocenters. The largest absolute Gasteiger partial charge is 0.502 e. The minimum absolute atomic E-state index is 0.847. The molecule has 1 aliphatic carbocycles. The Labute approximate surface area is 201 Å². The van der Waals surface area contributed by atoms with Gasteiger partial charge in [0.2, 0.25) is 0 Å². The van der Waals surface area contributed by atoms with Crippen LogP contribution in [0.1, 0.15) is 141 Å². The lowest BCUT2D eigenvalue weighted by Gasteiger charge is -2.28. The molecule has 0 saturated heterocycles. The molecule has 1 saturated carbocycles. The van der Waals surface area contributed by atoms with Crippen LogP contribution in [0.25, 0.3) is 0 Å². The molecule has 2 heteroatoms. The van der Waals surface area contributed by atoms with Gasteiger partial charge < -0.3 is 9.47 Å². The molecule has 1 aliphatic rings. The number of unbranched alkanes of at least 4 members (excludes halogenated alkanes) is 14. The first kappa shape index (κ1) is 29.1. The molecular formula is C30H56O2. The Morgan fingerprint density at radius 2 is 0.719 bits per heavy atom. The Morgan fingerprint density at radius 3 is 1.03 bits per heavy atom. The van der Waals surface area contributed by atoms with E-state index in [9.17, 15) is 0 Å². The van der Waals surface area contributed by atoms with E-state index < -0.39 is 0 Å². The van der Waals surface area contributed by atoms with E-state index in [0.29, 0.717) is 0 Å². The third kappa shape index (κ3) is 18.6. The quantitative estimate of drug-likeness (QED) is 0.108. The van der Waals surface area contributed by atoms with Crippen molar-refractivity contribution in [2.75, 3.05) is 13.2 Å². The molecule has 0 heterocycles. The van der Waals surface area contributed by atoms with Gasteiger partial charge in [0, 0.05) is 0 Å². The van der Waals surface area contributed by atoms with Crippen molar-refractivity contribution >= 4 is 0 Å². The molecule has 0 aromatic carbocycles. The maximum absolute atomic E-state index is 5.17. The highest BCUT2D eigenvalue weighted by molar-refractivity contribution is 4.73. The van der Waals surface area contributed by atoms with Crippen molar-refractivity contribution in [1.82, 2.24) is 0 Å². The minimum Gasteiger partial charge on any atom is -0.502 e. The summed E-state index contributed by atoms with van der Waals surface area (Å²) >= 11 is 0. The van der Waals surface area contributed by atoms with E-state index in [1.54, 1.807) is 12.5 Å². The maximum atomic E-state index is 5.17. The summed E-state index contributed by atoms with van der Waals surface area (Å²) in [6.07, 6.45) is 34.4. The summed E-state index contributed by atoms with van der Waals surface area (Å²) < 4.78 is 10.3. The van der Waals surface area contributed by atoms with Crippen LogP contribution >= 0.6 is 0 Å². The van der Waals surface area contributed by atoms with Gasteiger partial charge in [-0.25, -0.2) is 0 Å². The lowest BCUT2D eigenvalue weighted by Crippen LogP contribution is -2.14. The van der Waals surface area contributed by atoms with E-state index in [1.807, 2.05) is 0 Å². The first-order valence-corrected chi connectivity index (χ1v) is 14.3. The first-order valence-electron chi connectivity index (χ1n) is 14.3. The van der Waals surface area contributed by atoms with Gasteiger partial charge in [-0.2, -0.15) is 0 Å². The summed E-state index contributed by atoms with van der Waals surface area (Å²) in [5.74, 6) is 2.10. The summed E-state index contributed by atoms with van der Waals surface area (Å²) in [7, 11) is 0. The standard InChI is InChI=1S/C30H56O2/c1-3-31-27-19-15-11-7-5-9-13-17-21-29-23-25-30(26-24-29)22-18-14-10-6-8-12-16-20-28-32-4-2/h3-4,29-30H,1-2,5-28H2. The molecule has 0 atom stereocenters. The fourth-order valence-electron chi connectivity index (χ4n) is 5.33. The zero-order valence-electron chi connectivity index (χ0n) is 21.5. The number of ether oxygens (including phenoxy) is 2. The van der Waals surface area contributed by atoms with Crippen LogP contribution in [0.3, 0.4) is 0 Å². The molecule has 0 N–H and O–H groups in total. The number of hydrogen-bond donors (Lipinski definition) is 0. The van der Waals surface area contributed by atoms with Crippen molar-refractivity contribution in [3.05, 3.63) is 25.7 Å². The fraction of sp³-hybridized carbons (Fsp3) is 0.867. The molecule has 0 amide bonds. The van der Waals surface area contributed by atoms with E-state index in [1.165, 1.54) is 141 Å². The minimum atomic E-state index is 0.847. The van der Waals surface area contributed by atoms with Crippen LogP contribution in [0.5, 0.6) is 0 Å². The van der Waals surface area contributed by atoms with Crippen molar-refractivity contribution in [3.8, 4) is 0 Å². The highest BCUT2D eigenvalue weighted by Crippen LogP contribution is 2.34. The van der Waals surface area contributed by atoms with Crippen molar-refractivity contribution in [2.24, 2.45) is 11.8 Å². The zero-order chi connectivity index (χ0) is 23.0. The van der Waals surface area contributed by atoms with Crippen LogP contribution in [0.2, 0.25) is 0 Å². The molecule has 32 heavy (non-hydrogen) atoms. The SMILES string of the molecule is C=COCCCCCCCCCCC1CCC(CCCCCCCCCCOC=C)CC1. The molecule has 0 aromatic rings. The summed E-state index contributed by atoms with van der Waals surface area (Å²) in [5.41, 5.74) is 0. The van der Waals surface area contributed by atoms with Gasteiger partial charge in [0.05, 0.1) is 25.7 Å². The monoisotopic (exact) mass is 448 g/mol. The average molecular weight is 449 g/mol. The Balaban J connectivity index is 1.79. The molecule has 0 radical (unpaired) electrons. The average Bonchev–Trinajstić information content (AvgIpc) is 2.82. The van der Waals surface area contributed by atoms with Gasteiger partial charge in [-0.3, -0.25) is 0 Å². The lowest BCUT2D eigenvalue weighted by atomic mass is 9.78. The maximum Gasteiger partial charge on any atom is 0.0873 e. The smallest absolute Gasteiger partial charge is 0.0873 e. The molecule has 1 rings (SSSR count). The summed E-state index contributed by atoms with van der Waals surface area (Å²) in [4.78, 5) is 0. The van der Waals surface area contributed by atoms with E-state index in [-0.39, 0.29) is 0 Å². The van der Waals surface area contributed by atoms with Gasteiger partial charge in [-0.1, -0.05) is 142 Å². The fourth-order valence-corrected chi connectivity index (χ4v) is 5.33. The summed E-state index contributed by atoms with van der Waals surface area (Å²) in [6.45, 7) is 8.85. The van der Waals surface area contributed by atoms with E-state index in [4.69, 9.17) is 9.47 Å². The van der Waals surface area contributed by atoms with Crippen LogP contribution in [0.15, 0.2) is 25.7 Å². The van der Waals surface area contributed by atoms with E-state index >= 15 is 0 Å². The Morgan fingerprint density at radius 1 is 0.438 bits per heavy atom. The second kappa shape index (κ2) is 23.2. The Hall–Kier alpha value is -0.920. The normalized spacial score (nSPS) is 18.4. The predicted octanol–water partition coefficient (Wildman–Crippen LogP) is 10.1. The van der Waals surface area contributed by atoms with Gasteiger partial charge in [0.1, 0.15) is 0 Å². The number of rotatable bonds is 24. The van der Waals surface area contributed by atoms with Crippen molar-refractivity contribution in [3.63, 3.8) is 0 Å². The zero-order valence-corrected chi connectivity index (χ0v) is 21.5. The third-order valence-electron chi connectivity index (χ3n) is 7.45. The second-order valence-corrected chi connectivity index (χ2v) is 10.2. The number of hydrogen-bond acceptors (Lipinski definition) is 2. The summed E-state index contributed by atoms with van der Waals surface area (Å²) in [5, 5.41) is 0. The molecule has 188 valence electrons. The first-order chi connectivity index (χ1) is 15.9. The Bertz CT molecular complexity index is 360. The molecule has 1 fully saturated rings. The predicted molar refractivity (Wildman–Crippen MR) is 141 cm³/mol. The van der Waals surface area contributed by atoms with Gasteiger partial charge >= 0.3 is 0 Å². The van der Waals surface area contributed by atoms with Gasteiger partial charge in [-0.15, -0.1) is 0 Å². The van der Waals surface area contributed by atoms with Crippen LogP contribution in [-0.4, -0.2) is 13.2 Å². The molecule has 2 nitrogen and oxygen atoms in total. The lowest BCUT2D eigenvalue weighted by molar-refractivity contribution is 0.240. The molecule has 0 aliphatic heterocycles. The van der Waals surface area contributed by atoms with E-state index in [0.717, 1.165) is 25.0 Å². The molecule has 0 spiro atoms. The van der Waals surface area contributed by atoms with Gasteiger partial charge in [-0.05, 0) is 24.7 Å². The third-order valence-corrected chi connectivity index (χ3v) is 7.45. The van der Waals surface area contributed by atoms with E-state index in [2.05, 4.69) is 13.2 Å². The Kier molecular flexibility index (Phi) is 21.1. The highest BCUT2D eigenvalue weighted by Gasteiger charge is 2.20. The van der Waals surface area contributed by atoms with Gasteiger partial charge in [0.25, 0.3) is 0 Å². The summed E-state index contributed by atoms with van der Waals surface area (Å²) in [6, 6.07) is 0. The molecule has 0 bridgehead atoms. The van der Waals surface area contributed by atoms with Crippen LogP contribution in [0, 0.1) is 11.8 Å². The molecular weight excluding hydrogens is 392 g/mol. The second-order valence-electron chi connectivity index (χ2n) is 10.2. The van der Waals surface area contributed by atoms with Crippen LogP contribution in [0.4, 0.5) is 0 Å². The topological polar surface area (TPSA) is 18.5 Å². The van der Waals surface area contributed by atoms with Crippen LogP contribution in [-0.2, 0) is 9.47 Å². The van der Waals surface area contributed by atoms with Crippen molar-refractivity contribution in [2.45, 2.75) is 141 Å². The highest BCUT2D eigenvalue weighted by atomic mass is 16.5. The molecule has 0 aromatic heterocycles. The van der Waals surface area contributed by atoms with Crippen molar-refractivity contribution in [1.29, 1.82) is 0 Å².